The second kappa shape index (κ2) is 10.2. The van der Waals surface area contributed by atoms with Gasteiger partial charge < -0.3 is 10.1 Å². The van der Waals surface area contributed by atoms with Crippen LogP contribution >= 0.6 is 23.4 Å². The number of amides is 1. The van der Waals surface area contributed by atoms with Crippen molar-refractivity contribution in [2.45, 2.75) is 63.0 Å². The van der Waals surface area contributed by atoms with Crippen molar-refractivity contribution < 1.29 is 9.53 Å². The summed E-state index contributed by atoms with van der Waals surface area (Å²) in [6.07, 6.45) is 6.33. The molecule has 1 heterocycles. The number of rotatable bonds is 8. The Labute approximate surface area is 175 Å². The van der Waals surface area contributed by atoms with Gasteiger partial charge in [-0.1, -0.05) is 42.6 Å². The van der Waals surface area contributed by atoms with Crippen LogP contribution in [0.1, 0.15) is 50.4 Å². The summed E-state index contributed by atoms with van der Waals surface area (Å²) in [7, 11) is 0. The number of nitrogens with zero attached hydrogens (tertiary/aromatic N) is 2. The molecule has 152 valence electrons. The molecule has 0 radical (unpaired) electrons. The molecule has 1 atom stereocenters. The van der Waals surface area contributed by atoms with Crippen molar-refractivity contribution in [3.63, 3.8) is 0 Å². The standard InChI is InChI=1S/C20H27ClN4O2S/c1-13-10-16(8-9-17(13)21)27-12-18-23-20(25-24-18)28-14(2)19(26)22-11-15-6-4-3-5-7-15/h8-10,14-15H,3-7,11-12H2,1-2H3,(H,22,26)(H,23,24,25). The molecule has 1 aromatic heterocycles. The number of hydrogen-bond donors (Lipinski definition) is 2. The molecule has 1 aromatic carbocycles. The molecule has 8 heteroatoms. The van der Waals surface area contributed by atoms with Crippen LogP contribution in [0.15, 0.2) is 23.4 Å². The minimum absolute atomic E-state index is 0.0369. The lowest BCUT2D eigenvalue weighted by Crippen LogP contribution is -2.35. The van der Waals surface area contributed by atoms with E-state index in [1.54, 1.807) is 0 Å². The highest BCUT2D eigenvalue weighted by Crippen LogP contribution is 2.24. The molecular formula is C20H27ClN4O2S. The maximum absolute atomic E-state index is 12.3. The van der Waals surface area contributed by atoms with E-state index in [1.807, 2.05) is 32.0 Å². The number of thioether (sulfide) groups is 1. The molecule has 0 aliphatic heterocycles. The lowest BCUT2D eigenvalue weighted by Gasteiger charge is -2.22. The van der Waals surface area contributed by atoms with E-state index in [9.17, 15) is 4.79 Å². The Kier molecular flexibility index (Phi) is 7.62. The molecule has 1 aliphatic carbocycles. The summed E-state index contributed by atoms with van der Waals surface area (Å²) in [5, 5.41) is 11.1. The topological polar surface area (TPSA) is 79.9 Å². The SMILES string of the molecule is Cc1cc(OCc2nc(SC(C)C(=O)NCC3CCCCC3)n[nH]2)ccc1Cl. The van der Waals surface area contributed by atoms with E-state index in [2.05, 4.69) is 20.5 Å². The van der Waals surface area contributed by atoms with E-state index < -0.39 is 0 Å². The molecule has 0 saturated heterocycles. The van der Waals surface area contributed by atoms with Gasteiger partial charge in [0, 0.05) is 11.6 Å². The predicted molar refractivity (Wildman–Crippen MR) is 112 cm³/mol. The number of carbonyl (C=O) groups excluding carboxylic acids is 1. The third kappa shape index (κ3) is 6.14. The van der Waals surface area contributed by atoms with Crippen molar-refractivity contribution in [1.29, 1.82) is 0 Å². The van der Waals surface area contributed by atoms with E-state index in [0.717, 1.165) is 17.9 Å². The molecular weight excluding hydrogens is 396 g/mol. The molecule has 3 rings (SSSR count). The van der Waals surface area contributed by atoms with Crippen molar-refractivity contribution in [2.24, 2.45) is 5.92 Å². The predicted octanol–water partition coefficient (Wildman–Crippen LogP) is 4.52. The Balaban J connectivity index is 1.43. The van der Waals surface area contributed by atoms with Crippen LogP contribution in [-0.2, 0) is 11.4 Å². The summed E-state index contributed by atoms with van der Waals surface area (Å²) >= 11 is 7.37. The molecule has 2 N–H and O–H groups in total. The minimum Gasteiger partial charge on any atom is -0.486 e. The van der Waals surface area contributed by atoms with E-state index in [4.69, 9.17) is 16.3 Å². The second-order valence-electron chi connectivity index (χ2n) is 7.27. The van der Waals surface area contributed by atoms with Gasteiger partial charge in [-0.25, -0.2) is 4.98 Å². The summed E-state index contributed by atoms with van der Waals surface area (Å²) in [6.45, 7) is 4.86. The van der Waals surface area contributed by atoms with Gasteiger partial charge in [-0.15, -0.1) is 5.10 Å². The number of ether oxygens (including phenoxy) is 1. The Hall–Kier alpha value is -1.73. The van der Waals surface area contributed by atoms with Crippen molar-refractivity contribution >= 4 is 29.3 Å². The Morgan fingerprint density at radius 1 is 1.39 bits per heavy atom. The minimum atomic E-state index is -0.243. The zero-order valence-corrected chi connectivity index (χ0v) is 17.9. The first-order valence-electron chi connectivity index (χ1n) is 9.76. The maximum Gasteiger partial charge on any atom is 0.233 e. The van der Waals surface area contributed by atoms with Gasteiger partial charge >= 0.3 is 0 Å². The second-order valence-corrected chi connectivity index (χ2v) is 8.99. The smallest absolute Gasteiger partial charge is 0.233 e. The van der Waals surface area contributed by atoms with Crippen LogP contribution in [-0.4, -0.2) is 32.9 Å². The summed E-state index contributed by atoms with van der Waals surface area (Å²) < 4.78 is 5.72. The number of hydrogen-bond acceptors (Lipinski definition) is 5. The van der Waals surface area contributed by atoms with E-state index >= 15 is 0 Å². The van der Waals surface area contributed by atoms with Crippen molar-refractivity contribution in [2.75, 3.05) is 6.54 Å². The zero-order chi connectivity index (χ0) is 19.9. The molecule has 2 aromatic rings. The summed E-state index contributed by atoms with van der Waals surface area (Å²) in [4.78, 5) is 16.7. The van der Waals surface area contributed by atoms with Gasteiger partial charge in [0.05, 0.1) is 5.25 Å². The number of nitrogens with one attached hydrogen (secondary N) is 2. The highest BCUT2D eigenvalue weighted by atomic mass is 35.5. The number of carbonyl (C=O) groups is 1. The molecule has 1 fully saturated rings. The highest BCUT2D eigenvalue weighted by molar-refractivity contribution is 8.00. The molecule has 0 spiro atoms. The number of halogens is 1. The van der Waals surface area contributed by atoms with Crippen LogP contribution < -0.4 is 10.1 Å². The normalized spacial score (nSPS) is 16.0. The first-order valence-corrected chi connectivity index (χ1v) is 11.0. The van der Waals surface area contributed by atoms with Gasteiger partial charge in [0.25, 0.3) is 0 Å². The van der Waals surface area contributed by atoms with Gasteiger partial charge in [0.15, 0.2) is 5.82 Å². The zero-order valence-electron chi connectivity index (χ0n) is 16.3. The number of aryl methyl sites for hydroxylation is 1. The van der Waals surface area contributed by atoms with Crippen LogP contribution in [0, 0.1) is 12.8 Å². The fourth-order valence-electron chi connectivity index (χ4n) is 3.25. The quantitative estimate of drug-likeness (QED) is 0.611. The van der Waals surface area contributed by atoms with Gasteiger partial charge in [0.1, 0.15) is 12.4 Å². The van der Waals surface area contributed by atoms with Gasteiger partial charge in [-0.3, -0.25) is 9.89 Å². The van der Waals surface area contributed by atoms with Crippen molar-refractivity contribution in [1.82, 2.24) is 20.5 Å². The third-order valence-electron chi connectivity index (χ3n) is 4.96. The monoisotopic (exact) mass is 422 g/mol. The van der Waals surface area contributed by atoms with E-state index in [-0.39, 0.29) is 17.8 Å². The lowest BCUT2D eigenvalue weighted by molar-refractivity contribution is -0.120. The molecule has 6 nitrogen and oxygen atoms in total. The van der Waals surface area contributed by atoms with Gasteiger partial charge in [-0.05, 0) is 56.4 Å². The van der Waals surface area contributed by atoms with Crippen LogP contribution in [0.5, 0.6) is 5.75 Å². The van der Waals surface area contributed by atoms with Crippen molar-refractivity contribution in [3.8, 4) is 5.75 Å². The fourth-order valence-corrected chi connectivity index (χ4v) is 4.13. The van der Waals surface area contributed by atoms with E-state index in [1.165, 1.54) is 43.9 Å². The Morgan fingerprint density at radius 3 is 2.93 bits per heavy atom. The number of aromatic nitrogens is 3. The molecule has 1 amide bonds. The Bertz CT molecular complexity index is 792. The number of H-pyrrole nitrogens is 1. The fraction of sp³-hybridized carbons (Fsp3) is 0.550. The first kappa shape index (κ1) is 21.0. The van der Waals surface area contributed by atoms with Crippen LogP contribution in [0.3, 0.4) is 0 Å². The molecule has 1 unspecified atom stereocenters. The van der Waals surface area contributed by atoms with Gasteiger partial charge in [-0.2, -0.15) is 0 Å². The van der Waals surface area contributed by atoms with Crippen LogP contribution in [0.4, 0.5) is 0 Å². The first-order chi connectivity index (χ1) is 13.5. The number of benzene rings is 1. The molecule has 28 heavy (non-hydrogen) atoms. The summed E-state index contributed by atoms with van der Waals surface area (Å²) in [5.41, 5.74) is 0.959. The highest BCUT2D eigenvalue weighted by Gasteiger charge is 2.19. The maximum atomic E-state index is 12.3. The van der Waals surface area contributed by atoms with Gasteiger partial charge in [0.2, 0.25) is 11.1 Å². The molecule has 0 bridgehead atoms. The van der Waals surface area contributed by atoms with Crippen LogP contribution in [0.25, 0.3) is 0 Å². The average Bonchev–Trinajstić information content (AvgIpc) is 3.15. The lowest BCUT2D eigenvalue weighted by atomic mass is 9.89. The Morgan fingerprint density at radius 2 is 2.18 bits per heavy atom. The summed E-state index contributed by atoms with van der Waals surface area (Å²) in [5.74, 6) is 2.00. The summed E-state index contributed by atoms with van der Waals surface area (Å²) in [6, 6.07) is 5.51. The molecule has 1 saturated carbocycles. The average molecular weight is 423 g/mol. The number of aromatic amines is 1. The molecule has 1 aliphatic rings. The van der Waals surface area contributed by atoms with E-state index in [0.29, 0.717) is 21.9 Å². The largest absolute Gasteiger partial charge is 0.486 e. The van der Waals surface area contributed by atoms with Crippen LogP contribution in [0.2, 0.25) is 5.02 Å². The third-order valence-corrected chi connectivity index (χ3v) is 6.34. The van der Waals surface area contributed by atoms with Crippen molar-refractivity contribution in [3.05, 3.63) is 34.6 Å².